The molecular formula is C13H16N2O3. The molecule has 0 amide bonds. The predicted molar refractivity (Wildman–Crippen MR) is 67.7 cm³/mol. The number of H-pyrrole nitrogens is 1. The van der Waals surface area contributed by atoms with Gasteiger partial charge in [-0.25, -0.2) is 9.78 Å². The maximum Gasteiger partial charge on any atom is 0.335 e. The van der Waals surface area contributed by atoms with E-state index in [0.717, 1.165) is 18.4 Å². The second-order valence-electron chi connectivity index (χ2n) is 4.37. The molecule has 5 heteroatoms. The summed E-state index contributed by atoms with van der Waals surface area (Å²) in [6.07, 6.45) is 1.71. The first-order chi connectivity index (χ1) is 8.60. The summed E-state index contributed by atoms with van der Waals surface area (Å²) in [5.74, 6) is -0.271. The average Bonchev–Trinajstić information content (AvgIpc) is 2.69. The van der Waals surface area contributed by atoms with Crippen LogP contribution in [0.15, 0.2) is 18.2 Å². The second-order valence-corrected chi connectivity index (χ2v) is 4.37. The number of benzene rings is 1. The molecule has 0 saturated carbocycles. The molecule has 0 bridgehead atoms. The van der Waals surface area contributed by atoms with Crippen LogP contribution in [0.5, 0.6) is 0 Å². The Hall–Kier alpha value is -1.88. The zero-order valence-corrected chi connectivity index (χ0v) is 10.2. The predicted octanol–water partition coefficient (Wildman–Crippen LogP) is 1.96. The molecule has 18 heavy (non-hydrogen) atoms. The molecule has 96 valence electrons. The van der Waals surface area contributed by atoms with Gasteiger partial charge in [0.1, 0.15) is 5.82 Å². The molecule has 2 rings (SSSR count). The largest absolute Gasteiger partial charge is 0.478 e. The minimum Gasteiger partial charge on any atom is -0.478 e. The van der Waals surface area contributed by atoms with E-state index in [1.165, 1.54) is 6.07 Å². The van der Waals surface area contributed by atoms with Crippen LogP contribution in [0.1, 0.15) is 35.9 Å². The number of nitrogens with one attached hydrogen (secondary N) is 1. The van der Waals surface area contributed by atoms with Gasteiger partial charge in [-0.1, -0.05) is 13.3 Å². The van der Waals surface area contributed by atoms with Crippen molar-refractivity contribution in [1.82, 2.24) is 9.97 Å². The highest BCUT2D eigenvalue weighted by Crippen LogP contribution is 2.15. The van der Waals surface area contributed by atoms with Crippen LogP contribution in [0.2, 0.25) is 0 Å². The number of carboxylic acid groups (broad SMARTS) is 1. The summed E-state index contributed by atoms with van der Waals surface area (Å²) in [6.45, 7) is 2.01. The number of hydrogen-bond donors (Lipinski definition) is 3. The first-order valence-corrected chi connectivity index (χ1v) is 6.00. The molecule has 1 aromatic heterocycles. The van der Waals surface area contributed by atoms with Crippen molar-refractivity contribution in [1.29, 1.82) is 0 Å². The number of carbonyl (C=O) groups is 1. The summed E-state index contributed by atoms with van der Waals surface area (Å²) in [4.78, 5) is 18.2. The van der Waals surface area contributed by atoms with Crippen molar-refractivity contribution in [2.24, 2.45) is 0 Å². The van der Waals surface area contributed by atoms with E-state index in [4.69, 9.17) is 5.11 Å². The molecule has 0 spiro atoms. The summed E-state index contributed by atoms with van der Waals surface area (Å²) in [6, 6.07) is 4.75. The highest BCUT2D eigenvalue weighted by molar-refractivity contribution is 5.92. The molecule has 0 saturated heterocycles. The fraction of sp³-hybridized carbons (Fsp3) is 0.385. The highest BCUT2D eigenvalue weighted by Gasteiger charge is 2.10. The van der Waals surface area contributed by atoms with Crippen LogP contribution in [0.3, 0.4) is 0 Å². The van der Waals surface area contributed by atoms with E-state index >= 15 is 0 Å². The Morgan fingerprint density at radius 1 is 1.50 bits per heavy atom. The number of hydrogen-bond acceptors (Lipinski definition) is 3. The van der Waals surface area contributed by atoms with Crippen LogP contribution >= 0.6 is 0 Å². The van der Waals surface area contributed by atoms with E-state index in [0.29, 0.717) is 17.8 Å². The summed E-state index contributed by atoms with van der Waals surface area (Å²) >= 11 is 0. The third kappa shape index (κ3) is 2.68. The van der Waals surface area contributed by atoms with Gasteiger partial charge in [0.15, 0.2) is 0 Å². The van der Waals surface area contributed by atoms with Gasteiger partial charge in [0.2, 0.25) is 0 Å². The zero-order valence-electron chi connectivity index (χ0n) is 10.2. The Kier molecular flexibility index (Phi) is 3.62. The maximum atomic E-state index is 10.8. The quantitative estimate of drug-likeness (QED) is 0.755. The first-order valence-electron chi connectivity index (χ1n) is 6.00. The van der Waals surface area contributed by atoms with E-state index in [1.807, 2.05) is 6.92 Å². The lowest BCUT2D eigenvalue weighted by atomic mass is 10.1. The van der Waals surface area contributed by atoms with Gasteiger partial charge in [0, 0.05) is 6.42 Å². The number of aliphatic hydroxyl groups excluding tert-OH is 1. The van der Waals surface area contributed by atoms with Crippen LogP contribution in [0.4, 0.5) is 0 Å². The molecule has 1 unspecified atom stereocenters. The smallest absolute Gasteiger partial charge is 0.335 e. The first kappa shape index (κ1) is 12.6. The van der Waals surface area contributed by atoms with Crippen LogP contribution in [0.25, 0.3) is 11.0 Å². The molecule has 1 atom stereocenters. The van der Waals surface area contributed by atoms with E-state index in [-0.39, 0.29) is 5.56 Å². The number of fused-ring (bicyclic) bond motifs is 1. The van der Waals surface area contributed by atoms with Crippen LogP contribution in [0, 0.1) is 0 Å². The highest BCUT2D eigenvalue weighted by atomic mass is 16.4. The van der Waals surface area contributed by atoms with Crippen molar-refractivity contribution < 1.29 is 15.0 Å². The fourth-order valence-corrected chi connectivity index (χ4v) is 1.95. The number of aromatic carboxylic acids is 1. The molecule has 0 aliphatic carbocycles. The van der Waals surface area contributed by atoms with Gasteiger partial charge in [-0.05, 0) is 24.6 Å². The molecule has 5 nitrogen and oxygen atoms in total. The Labute approximate surface area is 104 Å². The van der Waals surface area contributed by atoms with Crippen LogP contribution in [-0.2, 0) is 6.42 Å². The zero-order chi connectivity index (χ0) is 13.1. The summed E-state index contributed by atoms with van der Waals surface area (Å²) < 4.78 is 0. The normalized spacial score (nSPS) is 12.8. The number of aliphatic hydroxyl groups is 1. The van der Waals surface area contributed by atoms with Crippen molar-refractivity contribution in [3.05, 3.63) is 29.6 Å². The average molecular weight is 248 g/mol. The van der Waals surface area contributed by atoms with Crippen LogP contribution in [-0.4, -0.2) is 32.3 Å². The summed E-state index contributed by atoms with van der Waals surface area (Å²) in [7, 11) is 0. The molecule has 0 fully saturated rings. The molecule has 0 aliphatic rings. The molecular weight excluding hydrogens is 232 g/mol. The van der Waals surface area contributed by atoms with Crippen molar-refractivity contribution in [3.8, 4) is 0 Å². The van der Waals surface area contributed by atoms with Gasteiger partial charge in [-0.2, -0.15) is 0 Å². The molecule has 1 aromatic carbocycles. The van der Waals surface area contributed by atoms with Gasteiger partial charge in [0.05, 0.1) is 22.7 Å². The molecule has 2 aromatic rings. The molecule has 1 heterocycles. The number of rotatable bonds is 5. The van der Waals surface area contributed by atoms with E-state index in [9.17, 15) is 9.90 Å². The molecule has 0 radical (unpaired) electrons. The van der Waals surface area contributed by atoms with Crippen LogP contribution < -0.4 is 0 Å². The minimum absolute atomic E-state index is 0.229. The monoisotopic (exact) mass is 248 g/mol. The lowest BCUT2D eigenvalue weighted by molar-refractivity contribution is 0.0697. The lowest BCUT2D eigenvalue weighted by Gasteiger charge is -2.05. The van der Waals surface area contributed by atoms with Crippen molar-refractivity contribution in [2.75, 3.05) is 0 Å². The summed E-state index contributed by atoms with van der Waals surface area (Å²) in [5.41, 5.74) is 1.64. The fourth-order valence-electron chi connectivity index (χ4n) is 1.95. The number of aromatic amines is 1. The van der Waals surface area contributed by atoms with E-state index in [2.05, 4.69) is 9.97 Å². The standard InChI is InChI=1S/C13H16N2O3/c1-2-3-9(16)7-12-14-10-5-4-8(13(17)18)6-11(10)15-12/h4-6,9,16H,2-3,7H2,1H3,(H,14,15)(H,17,18). The van der Waals surface area contributed by atoms with Gasteiger partial charge in [-0.3, -0.25) is 0 Å². The molecule has 3 N–H and O–H groups in total. The van der Waals surface area contributed by atoms with Gasteiger partial charge in [0.25, 0.3) is 0 Å². The SMILES string of the molecule is CCCC(O)Cc1nc2ccc(C(=O)O)cc2[nH]1. The Bertz CT molecular complexity index is 562. The van der Waals surface area contributed by atoms with Crippen molar-refractivity contribution in [2.45, 2.75) is 32.3 Å². The Balaban J connectivity index is 2.24. The Morgan fingerprint density at radius 2 is 2.28 bits per heavy atom. The number of nitrogens with zero attached hydrogens (tertiary/aromatic N) is 1. The van der Waals surface area contributed by atoms with E-state index in [1.54, 1.807) is 12.1 Å². The third-order valence-electron chi connectivity index (χ3n) is 2.83. The van der Waals surface area contributed by atoms with Gasteiger partial charge < -0.3 is 15.2 Å². The third-order valence-corrected chi connectivity index (χ3v) is 2.83. The lowest BCUT2D eigenvalue weighted by Crippen LogP contribution is -2.10. The van der Waals surface area contributed by atoms with E-state index < -0.39 is 12.1 Å². The molecule has 0 aliphatic heterocycles. The number of imidazole rings is 1. The minimum atomic E-state index is -0.959. The topological polar surface area (TPSA) is 86.2 Å². The summed E-state index contributed by atoms with van der Waals surface area (Å²) in [5, 5.41) is 18.6. The van der Waals surface area contributed by atoms with Crippen molar-refractivity contribution >= 4 is 17.0 Å². The van der Waals surface area contributed by atoms with Gasteiger partial charge in [-0.15, -0.1) is 0 Å². The number of carboxylic acids is 1. The number of aromatic nitrogens is 2. The maximum absolute atomic E-state index is 10.8. The second kappa shape index (κ2) is 5.18. The van der Waals surface area contributed by atoms with Crippen molar-refractivity contribution in [3.63, 3.8) is 0 Å². The van der Waals surface area contributed by atoms with Gasteiger partial charge >= 0.3 is 5.97 Å². The Morgan fingerprint density at radius 3 is 2.94 bits per heavy atom.